The number of amides is 1. The maximum Gasteiger partial charge on any atom is 0.434 e. The van der Waals surface area contributed by atoms with Gasteiger partial charge in [0.25, 0.3) is 0 Å². The molecule has 1 N–H and O–H groups in total. The number of carbonyl (C=O) groups is 1. The molecule has 0 bridgehead atoms. The van der Waals surface area contributed by atoms with E-state index in [9.17, 15) is 18.0 Å². The molecule has 1 fully saturated rings. The summed E-state index contributed by atoms with van der Waals surface area (Å²) >= 11 is 6.10. The highest BCUT2D eigenvalue weighted by Crippen LogP contribution is 2.38. The van der Waals surface area contributed by atoms with Crippen molar-refractivity contribution in [2.45, 2.75) is 19.0 Å². The van der Waals surface area contributed by atoms with E-state index >= 15 is 0 Å². The molecule has 0 radical (unpaired) electrons. The first-order valence-electron chi connectivity index (χ1n) is 7.89. The van der Waals surface area contributed by atoms with Gasteiger partial charge in [0.1, 0.15) is 0 Å². The summed E-state index contributed by atoms with van der Waals surface area (Å²) in [6.45, 7) is 1.18. The second-order valence-corrected chi connectivity index (χ2v) is 6.19. The first-order chi connectivity index (χ1) is 12.4. The van der Waals surface area contributed by atoms with Gasteiger partial charge >= 0.3 is 12.3 Å². The van der Waals surface area contributed by atoms with Gasteiger partial charge < -0.3 is 9.74 Å². The lowest BCUT2D eigenvalue weighted by atomic mass is 10.0. The van der Waals surface area contributed by atoms with Crippen molar-refractivity contribution in [1.29, 1.82) is 0 Å². The standard InChI is InChI=1S/C17H15ClF3N3O2/c18-14-5-6-22-10-13(14)12-9-11(17(19,20)21)3-4-15(12)23-26-16(25)24-7-1-2-8-24/h3-6,9-10,23H,1-2,7-8H2. The Balaban J connectivity index is 1.91. The number of rotatable bonds is 3. The van der Waals surface area contributed by atoms with Crippen LogP contribution in [0.5, 0.6) is 0 Å². The van der Waals surface area contributed by atoms with Gasteiger partial charge in [-0.2, -0.15) is 13.2 Å². The molecule has 1 aliphatic heterocycles. The Labute approximate surface area is 152 Å². The first kappa shape index (κ1) is 18.3. The number of benzene rings is 1. The third-order valence-electron chi connectivity index (χ3n) is 4.02. The Morgan fingerprint density at radius 1 is 1.19 bits per heavy atom. The van der Waals surface area contributed by atoms with Crippen LogP contribution in [0.1, 0.15) is 18.4 Å². The molecule has 26 heavy (non-hydrogen) atoms. The lowest BCUT2D eigenvalue weighted by Gasteiger charge is -2.18. The molecule has 2 aromatic rings. The van der Waals surface area contributed by atoms with E-state index in [1.54, 1.807) is 0 Å². The minimum atomic E-state index is -4.52. The van der Waals surface area contributed by atoms with E-state index in [2.05, 4.69) is 10.5 Å². The summed E-state index contributed by atoms with van der Waals surface area (Å²) in [6, 6.07) is 4.50. The van der Waals surface area contributed by atoms with Crippen LogP contribution in [0.2, 0.25) is 5.02 Å². The van der Waals surface area contributed by atoms with Crippen molar-refractivity contribution in [1.82, 2.24) is 9.88 Å². The number of halogens is 4. The van der Waals surface area contributed by atoms with E-state index in [0.717, 1.165) is 25.0 Å². The molecule has 1 aromatic heterocycles. The van der Waals surface area contributed by atoms with Crippen LogP contribution >= 0.6 is 11.6 Å². The zero-order chi connectivity index (χ0) is 18.7. The lowest BCUT2D eigenvalue weighted by Crippen LogP contribution is -2.30. The topological polar surface area (TPSA) is 54.5 Å². The first-order valence-corrected chi connectivity index (χ1v) is 8.27. The third kappa shape index (κ3) is 4.01. The van der Waals surface area contributed by atoms with E-state index in [1.165, 1.54) is 29.4 Å². The van der Waals surface area contributed by atoms with Crippen LogP contribution in [0.15, 0.2) is 36.7 Å². The number of nitrogens with one attached hydrogen (secondary N) is 1. The van der Waals surface area contributed by atoms with E-state index in [4.69, 9.17) is 16.4 Å². The number of pyridine rings is 1. The lowest BCUT2D eigenvalue weighted by molar-refractivity contribution is -0.137. The molecule has 1 aliphatic rings. The highest BCUT2D eigenvalue weighted by molar-refractivity contribution is 6.33. The average molecular weight is 386 g/mol. The van der Waals surface area contributed by atoms with Gasteiger partial charge in [0.05, 0.1) is 16.3 Å². The van der Waals surface area contributed by atoms with Crippen molar-refractivity contribution in [3.8, 4) is 11.1 Å². The molecule has 1 saturated heterocycles. The van der Waals surface area contributed by atoms with Crippen LogP contribution in [0.3, 0.4) is 0 Å². The van der Waals surface area contributed by atoms with E-state index < -0.39 is 17.8 Å². The minimum absolute atomic E-state index is 0.132. The van der Waals surface area contributed by atoms with Crippen molar-refractivity contribution in [2.75, 3.05) is 18.6 Å². The Bertz CT molecular complexity index is 808. The third-order valence-corrected chi connectivity index (χ3v) is 4.35. The van der Waals surface area contributed by atoms with Crippen molar-refractivity contribution in [3.05, 3.63) is 47.2 Å². The van der Waals surface area contributed by atoms with Gasteiger partial charge in [-0.1, -0.05) is 11.6 Å². The molecule has 0 atom stereocenters. The number of alkyl halides is 3. The molecule has 138 valence electrons. The van der Waals surface area contributed by atoms with Gasteiger partial charge in [-0.05, 0) is 37.1 Å². The molecule has 0 spiro atoms. The number of likely N-dealkylation sites (tertiary alicyclic amines) is 1. The van der Waals surface area contributed by atoms with Crippen LogP contribution in [0.4, 0.5) is 23.7 Å². The van der Waals surface area contributed by atoms with E-state index in [0.29, 0.717) is 18.7 Å². The van der Waals surface area contributed by atoms with Crippen LogP contribution in [-0.2, 0) is 11.0 Å². The molecular weight excluding hydrogens is 371 g/mol. The van der Waals surface area contributed by atoms with Crippen LogP contribution in [0, 0.1) is 0 Å². The summed E-state index contributed by atoms with van der Waals surface area (Å²) in [5.74, 6) is 0. The fourth-order valence-corrected chi connectivity index (χ4v) is 2.88. The number of anilines is 1. The van der Waals surface area contributed by atoms with Gasteiger partial charge in [-0.25, -0.2) is 10.3 Å². The average Bonchev–Trinajstić information content (AvgIpc) is 3.14. The predicted molar refractivity (Wildman–Crippen MR) is 90.6 cm³/mol. The molecule has 0 saturated carbocycles. The number of carbonyl (C=O) groups excluding carboxylic acids is 1. The molecule has 0 unspecified atom stereocenters. The molecule has 1 amide bonds. The molecular formula is C17H15ClF3N3O2. The smallest absolute Gasteiger partial charge is 0.324 e. The Kier molecular flexibility index (Phi) is 5.22. The monoisotopic (exact) mass is 385 g/mol. The van der Waals surface area contributed by atoms with Crippen molar-refractivity contribution < 1.29 is 22.8 Å². The fraction of sp³-hybridized carbons (Fsp3) is 0.294. The maximum absolute atomic E-state index is 13.1. The normalized spacial score (nSPS) is 14.4. The van der Waals surface area contributed by atoms with Crippen LogP contribution in [0.25, 0.3) is 11.1 Å². The minimum Gasteiger partial charge on any atom is -0.324 e. The van der Waals surface area contributed by atoms with Crippen LogP contribution in [-0.4, -0.2) is 29.1 Å². The zero-order valence-electron chi connectivity index (χ0n) is 13.5. The molecule has 9 heteroatoms. The summed E-state index contributed by atoms with van der Waals surface area (Å²) in [5, 5.41) is 0.230. The number of hydrogen-bond acceptors (Lipinski definition) is 4. The van der Waals surface area contributed by atoms with E-state index in [1.807, 2.05) is 0 Å². The summed E-state index contributed by atoms with van der Waals surface area (Å²) in [7, 11) is 0. The quantitative estimate of drug-likeness (QED) is 0.757. The second-order valence-electron chi connectivity index (χ2n) is 5.78. The summed E-state index contributed by atoms with van der Waals surface area (Å²) in [6.07, 6.45) is -0.525. The Hall–Kier alpha value is -2.48. The zero-order valence-corrected chi connectivity index (χ0v) is 14.3. The number of nitrogens with zero attached hydrogens (tertiary/aromatic N) is 2. The highest BCUT2D eigenvalue weighted by Gasteiger charge is 2.31. The van der Waals surface area contributed by atoms with Gasteiger partial charge in [0, 0.05) is 36.6 Å². The van der Waals surface area contributed by atoms with Gasteiger partial charge in [0.15, 0.2) is 0 Å². The molecule has 3 rings (SSSR count). The van der Waals surface area contributed by atoms with Crippen molar-refractivity contribution >= 4 is 23.4 Å². The Morgan fingerprint density at radius 3 is 2.58 bits per heavy atom. The maximum atomic E-state index is 13.1. The van der Waals surface area contributed by atoms with Crippen LogP contribution < -0.4 is 5.48 Å². The number of aromatic nitrogens is 1. The highest BCUT2D eigenvalue weighted by atomic mass is 35.5. The molecule has 1 aromatic carbocycles. The molecule has 2 heterocycles. The largest absolute Gasteiger partial charge is 0.434 e. The van der Waals surface area contributed by atoms with Gasteiger partial charge in [0.2, 0.25) is 0 Å². The van der Waals surface area contributed by atoms with Gasteiger partial charge in [-0.3, -0.25) is 4.98 Å². The predicted octanol–water partition coefficient (Wildman–Crippen LogP) is 4.98. The van der Waals surface area contributed by atoms with Gasteiger partial charge in [-0.15, -0.1) is 0 Å². The van der Waals surface area contributed by atoms with Crippen molar-refractivity contribution in [3.63, 3.8) is 0 Å². The SMILES string of the molecule is O=C(ONc1ccc(C(F)(F)F)cc1-c1cnccc1Cl)N1CCCC1. The second kappa shape index (κ2) is 7.41. The summed E-state index contributed by atoms with van der Waals surface area (Å²) in [4.78, 5) is 22.4. The fourth-order valence-electron chi connectivity index (χ4n) is 2.67. The van der Waals surface area contributed by atoms with Crippen molar-refractivity contribution in [2.24, 2.45) is 0 Å². The summed E-state index contributed by atoms with van der Waals surface area (Å²) in [5.41, 5.74) is 2.21. The number of hydrogen-bond donors (Lipinski definition) is 1. The molecule has 5 nitrogen and oxygen atoms in total. The summed E-state index contributed by atoms with van der Waals surface area (Å²) < 4.78 is 39.2. The molecule has 0 aliphatic carbocycles. The van der Waals surface area contributed by atoms with E-state index in [-0.39, 0.29) is 16.3 Å². The Morgan fingerprint density at radius 2 is 1.92 bits per heavy atom.